The Morgan fingerprint density at radius 2 is 1.72 bits per heavy atom. The maximum Gasteiger partial charge on any atom is 0.257 e. The van der Waals surface area contributed by atoms with E-state index in [0.717, 1.165) is 30.1 Å². The number of rotatable bonds is 3. The zero-order valence-corrected chi connectivity index (χ0v) is 16.4. The Balaban J connectivity index is 0.00000182. The molecule has 2 aromatic carbocycles. The molecule has 1 aliphatic heterocycles. The quantitative estimate of drug-likeness (QED) is 0.583. The molecule has 0 saturated heterocycles. The number of fused-ring (bicyclic) bond motifs is 1. The van der Waals surface area contributed by atoms with Crippen molar-refractivity contribution in [2.45, 2.75) is 25.9 Å². The van der Waals surface area contributed by atoms with Crippen LogP contribution in [0.25, 0.3) is 11.3 Å². The number of nitrogens with zero attached hydrogens (tertiary/aromatic N) is 2. The van der Waals surface area contributed by atoms with Crippen LogP contribution in [-0.4, -0.2) is 4.57 Å². The van der Waals surface area contributed by atoms with Crippen molar-refractivity contribution in [3.63, 3.8) is 0 Å². The van der Waals surface area contributed by atoms with E-state index in [9.17, 15) is 0 Å². The van der Waals surface area contributed by atoms with Crippen molar-refractivity contribution in [3.8, 4) is 11.3 Å². The van der Waals surface area contributed by atoms with Gasteiger partial charge in [0.15, 0.2) is 5.69 Å². The Morgan fingerprint density at radius 1 is 0.960 bits per heavy atom. The molecule has 0 N–H and O–H groups in total. The van der Waals surface area contributed by atoms with E-state index >= 15 is 0 Å². The van der Waals surface area contributed by atoms with Crippen LogP contribution in [0.4, 0.5) is 0 Å². The van der Waals surface area contributed by atoms with Gasteiger partial charge in [-0.3, -0.25) is 0 Å². The molecule has 0 spiro atoms. The number of aromatic nitrogens is 2. The standard InChI is InChI=1S/C19H16Cl3N2.ClH/c20-15-6-3-13(4-7-15)11-23-12-18(24-9-1-2-19(23)24)14-5-8-16(21)17(22)10-14;/h3-8,10,12H,1-2,9,11H2;1H/q+1;/p-1. The molecule has 25 heavy (non-hydrogen) atoms. The minimum absolute atomic E-state index is 0. The lowest BCUT2D eigenvalue weighted by atomic mass is 10.1. The van der Waals surface area contributed by atoms with Crippen LogP contribution >= 0.6 is 34.8 Å². The van der Waals surface area contributed by atoms with Gasteiger partial charge in [0.1, 0.15) is 12.7 Å². The van der Waals surface area contributed by atoms with Gasteiger partial charge in [0, 0.05) is 10.6 Å². The Bertz CT molecular complexity index is 901. The highest BCUT2D eigenvalue weighted by atomic mass is 35.5. The Hall–Kier alpha value is -1.19. The summed E-state index contributed by atoms with van der Waals surface area (Å²) >= 11 is 18.2. The molecular weight excluding hydrogens is 398 g/mol. The van der Waals surface area contributed by atoms with Crippen molar-refractivity contribution in [3.05, 3.63) is 75.1 Å². The van der Waals surface area contributed by atoms with Gasteiger partial charge in [0.2, 0.25) is 0 Å². The summed E-state index contributed by atoms with van der Waals surface area (Å²) in [6.07, 6.45) is 4.47. The Morgan fingerprint density at radius 3 is 2.44 bits per heavy atom. The predicted molar refractivity (Wildman–Crippen MR) is 99.0 cm³/mol. The molecule has 0 saturated carbocycles. The molecule has 2 nitrogen and oxygen atoms in total. The van der Waals surface area contributed by atoms with E-state index in [4.69, 9.17) is 34.8 Å². The Labute approximate surface area is 168 Å². The van der Waals surface area contributed by atoms with Gasteiger partial charge in [-0.15, -0.1) is 0 Å². The largest absolute Gasteiger partial charge is 1.00 e. The van der Waals surface area contributed by atoms with Crippen molar-refractivity contribution in [1.82, 2.24) is 4.57 Å². The lowest BCUT2D eigenvalue weighted by molar-refractivity contribution is -0.694. The van der Waals surface area contributed by atoms with Crippen LogP contribution in [0, 0.1) is 0 Å². The van der Waals surface area contributed by atoms with Gasteiger partial charge >= 0.3 is 0 Å². The van der Waals surface area contributed by atoms with Crippen LogP contribution in [0.5, 0.6) is 0 Å². The minimum Gasteiger partial charge on any atom is -1.00 e. The van der Waals surface area contributed by atoms with Crippen LogP contribution < -0.4 is 17.0 Å². The van der Waals surface area contributed by atoms with E-state index in [0.29, 0.717) is 10.0 Å². The summed E-state index contributed by atoms with van der Waals surface area (Å²) in [5.74, 6) is 1.35. The van der Waals surface area contributed by atoms with Crippen LogP contribution in [-0.2, 0) is 19.5 Å². The van der Waals surface area contributed by atoms with Gasteiger partial charge in [-0.2, -0.15) is 0 Å². The van der Waals surface area contributed by atoms with E-state index in [2.05, 4.69) is 27.5 Å². The molecule has 0 amide bonds. The molecule has 1 aromatic heterocycles. The second kappa shape index (κ2) is 7.59. The highest BCUT2D eigenvalue weighted by Crippen LogP contribution is 2.30. The molecule has 0 atom stereocenters. The van der Waals surface area contributed by atoms with Crippen molar-refractivity contribution in [2.24, 2.45) is 0 Å². The van der Waals surface area contributed by atoms with Crippen LogP contribution in [0.3, 0.4) is 0 Å². The van der Waals surface area contributed by atoms with Gasteiger partial charge < -0.3 is 12.4 Å². The molecule has 4 rings (SSSR count). The third-order valence-corrected chi connectivity index (χ3v) is 5.47. The molecule has 6 heteroatoms. The summed E-state index contributed by atoms with van der Waals surface area (Å²) in [5.41, 5.74) is 3.53. The fourth-order valence-electron chi connectivity index (χ4n) is 3.32. The van der Waals surface area contributed by atoms with Crippen molar-refractivity contribution < 1.29 is 17.0 Å². The zero-order chi connectivity index (χ0) is 16.7. The fraction of sp³-hybridized carbons (Fsp3) is 0.211. The maximum atomic E-state index is 6.21. The molecule has 2 heterocycles. The third-order valence-electron chi connectivity index (χ3n) is 4.48. The van der Waals surface area contributed by atoms with Crippen molar-refractivity contribution in [2.75, 3.05) is 0 Å². The summed E-state index contributed by atoms with van der Waals surface area (Å²) in [7, 11) is 0. The number of hydrogen-bond donors (Lipinski definition) is 0. The first-order valence-electron chi connectivity index (χ1n) is 7.93. The van der Waals surface area contributed by atoms with E-state index in [-0.39, 0.29) is 12.4 Å². The molecule has 0 radical (unpaired) electrons. The number of benzene rings is 2. The minimum atomic E-state index is 0. The summed E-state index contributed by atoms with van der Waals surface area (Å²) in [4.78, 5) is 0. The summed E-state index contributed by atoms with van der Waals surface area (Å²) in [6.45, 7) is 1.88. The van der Waals surface area contributed by atoms with E-state index < -0.39 is 0 Å². The van der Waals surface area contributed by atoms with E-state index in [1.54, 1.807) is 0 Å². The van der Waals surface area contributed by atoms with Crippen molar-refractivity contribution >= 4 is 34.8 Å². The monoisotopic (exact) mass is 412 g/mol. The molecule has 0 unspecified atom stereocenters. The summed E-state index contributed by atoms with van der Waals surface area (Å²) in [6, 6.07) is 13.9. The number of halogens is 4. The Kier molecular flexibility index (Phi) is 5.65. The number of imidazole rings is 1. The van der Waals surface area contributed by atoms with E-state index in [1.165, 1.54) is 23.5 Å². The molecule has 3 aromatic rings. The summed E-state index contributed by atoms with van der Waals surface area (Å²) in [5, 5.41) is 1.94. The molecule has 1 aliphatic rings. The lowest BCUT2D eigenvalue weighted by Gasteiger charge is -2.01. The average molecular weight is 414 g/mol. The number of hydrogen-bond acceptors (Lipinski definition) is 0. The smallest absolute Gasteiger partial charge is 0.257 e. The molecule has 0 bridgehead atoms. The van der Waals surface area contributed by atoms with Gasteiger partial charge in [0.05, 0.1) is 23.0 Å². The lowest BCUT2D eigenvalue weighted by Crippen LogP contribution is -3.00. The topological polar surface area (TPSA) is 8.81 Å². The predicted octanol–water partition coefficient (Wildman–Crippen LogP) is 2.40. The van der Waals surface area contributed by atoms with Crippen LogP contribution in [0.1, 0.15) is 17.8 Å². The fourth-order valence-corrected chi connectivity index (χ4v) is 3.74. The molecule has 130 valence electrons. The highest BCUT2D eigenvalue weighted by molar-refractivity contribution is 6.42. The third kappa shape index (κ3) is 3.68. The SMILES string of the molecule is Clc1ccc(C[n+]2cc(-c3ccc(Cl)c(Cl)c3)n3c2CCC3)cc1.[Cl-]. The molecular formula is C19H16Cl4N2. The second-order valence-electron chi connectivity index (χ2n) is 6.07. The first-order valence-corrected chi connectivity index (χ1v) is 9.07. The highest BCUT2D eigenvalue weighted by Gasteiger charge is 2.28. The zero-order valence-electron chi connectivity index (χ0n) is 13.4. The molecule has 0 fully saturated rings. The summed E-state index contributed by atoms with van der Waals surface area (Å²) < 4.78 is 4.71. The second-order valence-corrected chi connectivity index (χ2v) is 7.32. The van der Waals surface area contributed by atoms with Crippen molar-refractivity contribution in [1.29, 1.82) is 0 Å². The van der Waals surface area contributed by atoms with Crippen LogP contribution in [0.15, 0.2) is 48.7 Å². The van der Waals surface area contributed by atoms with Gasteiger partial charge in [0.25, 0.3) is 5.82 Å². The normalized spacial score (nSPS) is 12.8. The average Bonchev–Trinajstić information content (AvgIpc) is 3.16. The van der Waals surface area contributed by atoms with Crippen LogP contribution in [0.2, 0.25) is 15.1 Å². The van der Waals surface area contributed by atoms with Gasteiger partial charge in [-0.25, -0.2) is 9.13 Å². The van der Waals surface area contributed by atoms with Gasteiger partial charge in [-0.1, -0.05) is 46.9 Å². The molecule has 0 aliphatic carbocycles. The van der Waals surface area contributed by atoms with E-state index in [1.807, 2.05) is 30.3 Å². The first-order chi connectivity index (χ1) is 11.6. The first kappa shape index (κ1) is 18.6. The van der Waals surface area contributed by atoms with Gasteiger partial charge in [-0.05, 0) is 42.3 Å². The maximum absolute atomic E-state index is 6.21.